The van der Waals surface area contributed by atoms with E-state index in [2.05, 4.69) is 72.4 Å². The van der Waals surface area contributed by atoms with Gasteiger partial charge in [-0.25, -0.2) is 24.5 Å². The number of benzene rings is 2. The van der Waals surface area contributed by atoms with Gasteiger partial charge in [0, 0.05) is 53.8 Å². The lowest BCUT2D eigenvalue weighted by Gasteiger charge is -2.30. The number of hydrogen-bond donors (Lipinski definition) is 4. The molecule has 0 saturated carbocycles. The summed E-state index contributed by atoms with van der Waals surface area (Å²) in [4.78, 5) is 86.8. The third-order valence-corrected chi connectivity index (χ3v) is 14.8. The Hall–Kier alpha value is -7.61. The average molecular weight is 981 g/mol. The maximum Gasteiger partial charge on any atom is 0.407 e. The fraction of sp³-hybridized carbons (Fsp3) is 0.392. The minimum Gasteiger partial charge on any atom is -0.464 e. The van der Waals surface area contributed by atoms with Crippen LogP contribution in [0.25, 0.3) is 55.4 Å². The number of carbonyl (C=O) groups excluding carboxylic acids is 4. The summed E-state index contributed by atoms with van der Waals surface area (Å²) in [7, 11) is 2.57. The van der Waals surface area contributed by atoms with Gasteiger partial charge in [0.05, 0.1) is 72.4 Å². The van der Waals surface area contributed by atoms with Gasteiger partial charge >= 0.3 is 12.2 Å². The van der Waals surface area contributed by atoms with Crippen LogP contribution in [-0.2, 0) is 19.1 Å². The Kier molecular flexibility index (Phi) is 12.8. The zero-order valence-corrected chi connectivity index (χ0v) is 41.4. The van der Waals surface area contributed by atoms with Gasteiger partial charge in [0.2, 0.25) is 18.0 Å². The van der Waals surface area contributed by atoms with Gasteiger partial charge in [0.15, 0.2) is 0 Å². The molecule has 4 N–H and O–H groups in total. The lowest BCUT2D eigenvalue weighted by Crippen LogP contribution is -2.51. The molecule has 2 saturated heterocycles. The number of imidazole rings is 2. The van der Waals surface area contributed by atoms with Crippen LogP contribution in [-0.4, -0.2) is 113 Å². The van der Waals surface area contributed by atoms with Crippen molar-refractivity contribution in [1.82, 2.24) is 59.9 Å². The molecule has 0 aliphatic carbocycles. The van der Waals surface area contributed by atoms with E-state index in [0.29, 0.717) is 36.2 Å². The summed E-state index contributed by atoms with van der Waals surface area (Å²) in [6.45, 7) is 10.8. The second-order valence-electron chi connectivity index (χ2n) is 18.9. The van der Waals surface area contributed by atoms with E-state index in [1.165, 1.54) is 25.6 Å². The third kappa shape index (κ3) is 8.84. The number of aromatic amines is 2. The zero-order valence-electron chi connectivity index (χ0n) is 40.6. The summed E-state index contributed by atoms with van der Waals surface area (Å²) in [5.74, 6) is 1.41. The summed E-state index contributed by atoms with van der Waals surface area (Å²) >= 11 is 1.49. The Balaban J connectivity index is 0.983. The van der Waals surface area contributed by atoms with Crippen LogP contribution < -0.4 is 15.4 Å². The summed E-state index contributed by atoms with van der Waals surface area (Å²) in [5, 5.41) is 7.15. The molecular formula is C51H56N12O7S. The SMILES string of the molecule is COC(=O)N[C@H](C(=O)N1CCC[C@H]1c1ncc(-c2cc(C)c3c(c2)OC(c2cnc(-c4cnccn4)s2)n2c-3cc3cc(-c4cnc([C@@H]5CCCN5C(=O)[C@@H](NC(=O)OC)C(C)C)[nH]4)ccc32)[nH]1)C(C)C. The van der Waals surface area contributed by atoms with Crippen molar-refractivity contribution in [3.05, 3.63) is 95.7 Å². The first-order valence-corrected chi connectivity index (χ1v) is 24.7. The van der Waals surface area contributed by atoms with E-state index in [-0.39, 0.29) is 35.7 Å². The molecule has 3 aliphatic rings. The number of fused-ring (bicyclic) bond motifs is 5. The molecule has 2 fully saturated rings. The number of aromatic nitrogens is 8. The highest BCUT2D eigenvalue weighted by atomic mass is 32.1. The van der Waals surface area contributed by atoms with Crippen LogP contribution in [0.3, 0.4) is 0 Å². The minimum absolute atomic E-state index is 0.143. The van der Waals surface area contributed by atoms with Crippen molar-refractivity contribution >= 4 is 46.2 Å². The molecule has 0 radical (unpaired) electrons. The Morgan fingerprint density at radius 2 is 1.37 bits per heavy atom. The van der Waals surface area contributed by atoms with E-state index in [4.69, 9.17) is 29.2 Å². The van der Waals surface area contributed by atoms with Gasteiger partial charge in [0.25, 0.3) is 0 Å². The molecule has 7 aromatic rings. The quantitative estimate of drug-likeness (QED) is 0.0906. The highest BCUT2D eigenvalue weighted by Gasteiger charge is 2.40. The van der Waals surface area contributed by atoms with E-state index in [1.54, 1.807) is 29.7 Å². The molecule has 2 aromatic carbocycles. The smallest absolute Gasteiger partial charge is 0.407 e. The van der Waals surface area contributed by atoms with Crippen molar-refractivity contribution in [2.24, 2.45) is 11.8 Å². The van der Waals surface area contributed by atoms with Crippen molar-refractivity contribution in [2.75, 3.05) is 27.3 Å². The van der Waals surface area contributed by atoms with E-state index >= 15 is 0 Å². The Labute approximate surface area is 413 Å². The number of aryl methyl sites for hydroxylation is 1. The van der Waals surface area contributed by atoms with Crippen molar-refractivity contribution in [3.63, 3.8) is 0 Å². The summed E-state index contributed by atoms with van der Waals surface area (Å²) in [6, 6.07) is 10.6. The highest BCUT2D eigenvalue weighted by Crippen LogP contribution is 2.49. The Morgan fingerprint density at radius 1 is 0.746 bits per heavy atom. The Bertz CT molecular complexity index is 3140. The monoisotopic (exact) mass is 980 g/mol. The van der Waals surface area contributed by atoms with Crippen LogP contribution in [0.15, 0.2) is 73.6 Å². The molecule has 19 nitrogen and oxygen atoms in total. The average Bonchev–Trinajstić information content (AvgIpc) is 4.24. The number of nitrogens with zero attached hydrogens (tertiary/aromatic N) is 8. The van der Waals surface area contributed by atoms with Crippen LogP contribution in [0.2, 0.25) is 0 Å². The zero-order chi connectivity index (χ0) is 49.7. The van der Waals surface area contributed by atoms with Crippen molar-refractivity contribution in [2.45, 2.75) is 90.7 Å². The number of amides is 4. The highest BCUT2D eigenvalue weighted by molar-refractivity contribution is 7.15. The van der Waals surface area contributed by atoms with E-state index in [0.717, 1.165) is 85.8 Å². The number of likely N-dealkylation sites (tertiary alicyclic amines) is 2. The van der Waals surface area contributed by atoms with Crippen LogP contribution in [0.1, 0.15) is 93.8 Å². The van der Waals surface area contributed by atoms with Crippen LogP contribution in [0.4, 0.5) is 9.59 Å². The molecule has 368 valence electrons. The van der Waals surface area contributed by atoms with Gasteiger partial charge in [-0.15, -0.1) is 11.3 Å². The second-order valence-corrected chi connectivity index (χ2v) is 20.0. The summed E-state index contributed by atoms with van der Waals surface area (Å²) in [6.07, 6.45) is 11.6. The first-order chi connectivity index (χ1) is 34.3. The lowest BCUT2D eigenvalue weighted by molar-refractivity contribution is -0.136. The molecular weight excluding hydrogens is 925 g/mol. The molecule has 3 aliphatic heterocycles. The van der Waals surface area contributed by atoms with Gasteiger partial charge in [-0.05, 0) is 80.3 Å². The molecule has 0 bridgehead atoms. The van der Waals surface area contributed by atoms with Gasteiger partial charge in [-0.1, -0.05) is 33.8 Å². The molecule has 10 rings (SSSR count). The maximum absolute atomic E-state index is 13.9. The maximum atomic E-state index is 13.9. The van der Waals surface area contributed by atoms with Crippen molar-refractivity contribution < 1.29 is 33.4 Å². The number of alkyl carbamates (subject to hydrolysis) is 2. The topological polar surface area (TPSA) is 227 Å². The number of ether oxygens (including phenoxy) is 3. The molecule has 1 unspecified atom stereocenters. The molecule has 4 amide bonds. The number of hydrogen-bond acceptors (Lipinski definition) is 13. The number of methoxy groups -OCH3 is 2. The van der Waals surface area contributed by atoms with Gasteiger partial charge in [-0.2, -0.15) is 0 Å². The summed E-state index contributed by atoms with van der Waals surface area (Å²) in [5.41, 5.74) is 7.91. The normalized spacial score (nSPS) is 18.3. The van der Waals surface area contributed by atoms with Crippen LogP contribution >= 0.6 is 11.3 Å². The minimum atomic E-state index is -0.740. The largest absolute Gasteiger partial charge is 0.464 e. The lowest BCUT2D eigenvalue weighted by atomic mass is 9.98. The van der Waals surface area contributed by atoms with Gasteiger partial charge in [0.1, 0.15) is 40.2 Å². The third-order valence-electron chi connectivity index (χ3n) is 13.7. The molecule has 71 heavy (non-hydrogen) atoms. The summed E-state index contributed by atoms with van der Waals surface area (Å²) < 4.78 is 19.0. The number of nitrogens with one attached hydrogen (secondary N) is 4. The fourth-order valence-corrected chi connectivity index (χ4v) is 11.1. The molecule has 5 aromatic heterocycles. The van der Waals surface area contributed by atoms with E-state index < -0.39 is 30.5 Å². The first-order valence-electron chi connectivity index (χ1n) is 23.9. The second kappa shape index (κ2) is 19.3. The molecule has 0 spiro atoms. The molecule has 20 heteroatoms. The number of thiazole rings is 1. The van der Waals surface area contributed by atoms with Gasteiger partial charge in [-0.3, -0.25) is 24.1 Å². The van der Waals surface area contributed by atoms with Crippen LogP contribution in [0, 0.1) is 18.8 Å². The predicted octanol–water partition coefficient (Wildman–Crippen LogP) is 8.34. The van der Waals surface area contributed by atoms with Crippen molar-refractivity contribution in [1.29, 1.82) is 0 Å². The molecule has 8 heterocycles. The fourth-order valence-electron chi connectivity index (χ4n) is 10.2. The Morgan fingerprint density at radius 3 is 1.94 bits per heavy atom. The van der Waals surface area contributed by atoms with E-state index in [9.17, 15) is 19.2 Å². The van der Waals surface area contributed by atoms with Crippen LogP contribution in [0.5, 0.6) is 5.75 Å². The number of rotatable bonds is 12. The predicted molar refractivity (Wildman–Crippen MR) is 265 cm³/mol. The number of carbonyl (C=O) groups is 4. The molecule has 5 atom stereocenters. The van der Waals surface area contributed by atoms with Gasteiger partial charge < -0.3 is 44.6 Å². The van der Waals surface area contributed by atoms with E-state index in [1.807, 2.05) is 51.1 Å². The van der Waals surface area contributed by atoms with Crippen molar-refractivity contribution in [3.8, 4) is 50.2 Å². The number of H-pyrrole nitrogens is 2. The standard InChI is InChI=1S/C51H56N12O7S/c1-26(2)42(59-50(66)68-6)47(64)61-16-8-10-36(61)44-54-23-32(57-44)29-12-13-35-31(19-29)20-38-41-28(5)18-30(21-39(41)70-49(63(35)38)40-25-56-46(71-40)34-22-52-14-15-53-34)33-24-55-45(58-33)37-11-9-17-62(37)48(65)43(27(3)4)60-51(67)69-7/h12-15,18-27,36-37,42-43,49H,8-11,16-17H2,1-7H3,(H,54,57)(H,55,58)(H,59,66)(H,60,67)/t36-,37-,42-,43-,49?/m0/s1. The first kappa shape index (κ1) is 47.1.